The monoisotopic (exact) mass is 269 g/mol. The second kappa shape index (κ2) is 6.16. The molecule has 0 aliphatic carbocycles. The molecule has 1 rings (SSSR count). The van der Waals surface area contributed by atoms with E-state index < -0.39 is 0 Å². The highest BCUT2D eigenvalue weighted by Crippen LogP contribution is 2.22. The molecule has 0 aliphatic rings. The summed E-state index contributed by atoms with van der Waals surface area (Å²) in [4.78, 5) is 0. The lowest BCUT2D eigenvalue weighted by Crippen LogP contribution is -2.15. The quantitative estimate of drug-likeness (QED) is 0.823. The fourth-order valence-electron chi connectivity index (χ4n) is 1.77. The summed E-state index contributed by atoms with van der Waals surface area (Å²) in [6, 6.07) is 7.01. The zero-order valence-corrected chi connectivity index (χ0v) is 11.4. The molecule has 0 aromatic heterocycles. The van der Waals surface area contributed by atoms with Crippen LogP contribution in [0.5, 0.6) is 0 Å². The second-order valence-electron chi connectivity index (χ2n) is 3.99. The van der Waals surface area contributed by atoms with E-state index in [9.17, 15) is 0 Å². The van der Waals surface area contributed by atoms with Gasteiger partial charge in [0.15, 0.2) is 0 Å². The lowest BCUT2D eigenvalue weighted by molar-refractivity contribution is 0.689. The van der Waals surface area contributed by atoms with E-state index in [0.29, 0.717) is 6.04 Å². The smallest absolute Gasteiger partial charge is 0.0375 e. The Kier molecular flexibility index (Phi) is 5.16. The van der Waals surface area contributed by atoms with Gasteiger partial charge in [0.05, 0.1) is 0 Å². The highest BCUT2D eigenvalue weighted by atomic mass is 79.9. The van der Waals surface area contributed by atoms with Crippen molar-refractivity contribution in [2.45, 2.75) is 46.1 Å². The first kappa shape index (κ1) is 12.6. The summed E-state index contributed by atoms with van der Waals surface area (Å²) >= 11 is 3.51. The summed E-state index contributed by atoms with van der Waals surface area (Å²) in [6.07, 6.45) is 3.52. The van der Waals surface area contributed by atoms with Gasteiger partial charge in [-0.2, -0.15) is 0 Å². The summed E-state index contributed by atoms with van der Waals surface area (Å²) in [6.45, 7) is 6.66. The Morgan fingerprint density at radius 1 is 1.33 bits per heavy atom. The Morgan fingerprint density at radius 2 is 2.07 bits per heavy atom. The van der Waals surface area contributed by atoms with Crippen LogP contribution in [0.3, 0.4) is 0 Å². The van der Waals surface area contributed by atoms with Gasteiger partial charge in [0.2, 0.25) is 0 Å². The van der Waals surface area contributed by atoms with Crippen molar-refractivity contribution in [1.82, 2.24) is 0 Å². The van der Waals surface area contributed by atoms with Crippen molar-refractivity contribution in [2.24, 2.45) is 0 Å². The Morgan fingerprint density at radius 3 is 2.67 bits per heavy atom. The molecule has 1 unspecified atom stereocenters. The lowest BCUT2D eigenvalue weighted by atomic mass is 10.1. The molecule has 0 spiro atoms. The third-order valence-corrected chi connectivity index (χ3v) is 3.07. The molecule has 84 valence electrons. The van der Waals surface area contributed by atoms with Gasteiger partial charge in [-0.1, -0.05) is 36.2 Å². The van der Waals surface area contributed by atoms with Crippen LogP contribution < -0.4 is 5.32 Å². The van der Waals surface area contributed by atoms with Crippen LogP contribution in [0, 0.1) is 0 Å². The van der Waals surface area contributed by atoms with Crippen molar-refractivity contribution in [3.63, 3.8) is 0 Å². The van der Waals surface area contributed by atoms with E-state index >= 15 is 0 Å². The van der Waals surface area contributed by atoms with E-state index in [4.69, 9.17) is 0 Å². The molecule has 0 heterocycles. The average Bonchev–Trinajstić information content (AvgIpc) is 2.21. The summed E-state index contributed by atoms with van der Waals surface area (Å²) in [5, 5.41) is 3.57. The van der Waals surface area contributed by atoms with Crippen molar-refractivity contribution in [2.75, 3.05) is 5.32 Å². The molecule has 0 saturated carbocycles. The summed E-state index contributed by atoms with van der Waals surface area (Å²) in [7, 11) is 0. The van der Waals surface area contributed by atoms with E-state index in [1.165, 1.54) is 24.1 Å². The molecule has 0 aliphatic heterocycles. The zero-order valence-electron chi connectivity index (χ0n) is 9.81. The number of rotatable bonds is 5. The molecule has 2 heteroatoms. The average molecular weight is 270 g/mol. The minimum Gasteiger partial charge on any atom is -0.382 e. The maximum atomic E-state index is 3.57. The minimum absolute atomic E-state index is 0.557. The van der Waals surface area contributed by atoms with Crippen molar-refractivity contribution in [3.05, 3.63) is 28.2 Å². The predicted octanol–water partition coefficient (Wildman–Crippen LogP) is 4.61. The molecule has 0 saturated heterocycles. The van der Waals surface area contributed by atoms with Gasteiger partial charge in [-0.05, 0) is 43.5 Å². The first-order chi connectivity index (χ1) is 7.17. The second-order valence-corrected chi connectivity index (χ2v) is 4.90. The molecule has 0 fully saturated rings. The maximum absolute atomic E-state index is 3.57. The standard InChI is InChI=1S/C13H20BrN/c1-4-6-10(3)15-13-8-7-12(14)9-11(13)5-2/h7-10,15H,4-6H2,1-3H3. The molecule has 0 bridgehead atoms. The number of nitrogens with one attached hydrogen (secondary N) is 1. The van der Waals surface area contributed by atoms with Crippen LogP contribution in [0.25, 0.3) is 0 Å². The lowest BCUT2D eigenvalue weighted by Gasteiger charge is -2.17. The van der Waals surface area contributed by atoms with Gasteiger partial charge in [-0.3, -0.25) is 0 Å². The van der Waals surface area contributed by atoms with Crippen LogP contribution in [0.2, 0.25) is 0 Å². The largest absolute Gasteiger partial charge is 0.382 e. The van der Waals surface area contributed by atoms with Gasteiger partial charge in [0.1, 0.15) is 0 Å². The van der Waals surface area contributed by atoms with Crippen LogP contribution in [-0.2, 0) is 6.42 Å². The molecule has 1 aromatic carbocycles. The Bertz CT molecular complexity index is 309. The minimum atomic E-state index is 0.557. The normalized spacial score (nSPS) is 12.5. The van der Waals surface area contributed by atoms with Crippen molar-refractivity contribution < 1.29 is 0 Å². The third-order valence-electron chi connectivity index (χ3n) is 2.57. The van der Waals surface area contributed by atoms with Crippen LogP contribution in [0.1, 0.15) is 39.2 Å². The van der Waals surface area contributed by atoms with Crippen molar-refractivity contribution in [3.8, 4) is 0 Å². The summed E-state index contributed by atoms with van der Waals surface area (Å²) in [5.74, 6) is 0. The SMILES string of the molecule is CCCC(C)Nc1ccc(Br)cc1CC. The van der Waals surface area contributed by atoms with E-state index in [0.717, 1.165) is 10.9 Å². The molecular weight excluding hydrogens is 250 g/mol. The van der Waals surface area contributed by atoms with E-state index in [-0.39, 0.29) is 0 Å². The van der Waals surface area contributed by atoms with Gasteiger partial charge < -0.3 is 5.32 Å². The first-order valence-corrected chi connectivity index (χ1v) is 6.51. The van der Waals surface area contributed by atoms with Crippen LogP contribution >= 0.6 is 15.9 Å². The Balaban J connectivity index is 2.75. The Hall–Kier alpha value is -0.500. The number of halogens is 1. The number of hydrogen-bond acceptors (Lipinski definition) is 1. The van der Waals surface area contributed by atoms with E-state index in [2.05, 4.69) is 60.2 Å². The number of anilines is 1. The van der Waals surface area contributed by atoms with Gasteiger partial charge in [0.25, 0.3) is 0 Å². The number of benzene rings is 1. The molecule has 0 radical (unpaired) electrons. The highest BCUT2D eigenvalue weighted by Gasteiger charge is 2.04. The molecule has 1 nitrogen and oxygen atoms in total. The Labute approximate surface area is 101 Å². The van der Waals surface area contributed by atoms with Crippen LogP contribution in [-0.4, -0.2) is 6.04 Å². The van der Waals surface area contributed by atoms with Gasteiger partial charge >= 0.3 is 0 Å². The van der Waals surface area contributed by atoms with Gasteiger partial charge in [-0.25, -0.2) is 0 Å². The first-order valence-electron chi connectivity index (χ1n) is 5.72. The molecular formula is C13H20BrN. The molecule has 0 amide bonds. The van der Waals surface area contributed by atoms with Gasteiger partial charge in [-0.15, -0.1) is 0 Å². The number of hydrogen-bond donors (Lipinski definition) is 1. The summed E-state index contributed by atoms with van der Waals surface area (Å²) < 4.78 is 1.16. The fraction of sp³-hybridized carbons (Fsp3) is 0.538. The topological polar surface area (TPSA) is 12.0 Å². The van der Waals surface area contributed by atoms with Crippen molar-refractivity contribution >= 4 is 21.6 Å². The van der Waals surface area contributed by atoms with E-state index in [1.807, 2.05) is 0 Å². The highest BCUT2D eigenvalue weighted by molar-refractivity contribution is 9.10. The van der Waals surface area contributed by atoms with E-state index in [1.54, 1.807) is 0 Å². The van der Waals surface area contributed by atoms with Gasteiger partial charge in [0, 0.05) is 16.2 Å². The maximum Gasteiger partial charge on any atom is 0.0375 e. The fourth-order valence-corrected chi connectivity index (χ4v) is 2.17. The molecule has 15 heavy (non-hydrogen) atoms. The zero-order chi connectivity index (χ0) is 11.3. The molecule has 1 N–H and O–H groups in total. The van der Waals surface area contributed by atoms with Crippen molar-refractivity contribution in [1.29, 1.82) is 0 Å². The van der Waals surface area contributed by atoms with Crippen LogP contribution in [0.15, 0.2) is 22.7 Å². The third kappa shape index (κ3) is 3.86. The predicted molar refractivity (Wildman–Crippen MR) is 71.5 cm³/mol. The molecule has 1 aromatic rings. The van der Waals surface area contributed by atoms with Crippen LogP contribution in [0.4, 0.5) is 5.69 Å². The molecule has 1 atom stereocenters. The summed E-state index contributed by atoms with van der Waals surface area (Å²) in [5.41, 5.74) is 2.66. The number of aryl methyl sites for hydroxylation is 1.